The second kappa shape index (κ2) is 4.74. The second-order valence-electron chi connectivity index (χ2n) is 3.76. The van der Waals surface area contributed by atoms with Crippen LogP contribution < -0.4 is 10.1 Å². The van der Waals surface area contributed by atoms with Gasteiger partial charge in [-0.05, 0) is 30.7 Å². The molecule has 0 spiro atoms. The summed E-state index contributed by atoms with van der Waals surface area (Å²) in [5, 5.41) is 2.82. The van der Waals surface area contributed by atoms with Gasteiger partial charge in [-0.3, -0.25) is 4.79 Å². The molecule has 0 radical (unpaired) electrons. The molecule has 4 heteroatoms. The molecule has 1 aromatic carbocycles. The van der Waals surface area contributed by atoms with Gasteiger partial charge in [-0.1, -0.05) is 6.07 Å². The molecule has 0 atom stereocenters. The van der Waals surface area contributed by atoms with E-state index in [-0.39, 0.29) is 5.91 Å². The molecular weight excluding hydrogens is 216 g/mol. The first kappa shape index (κ1) is 11.3. The smallest absolute Gasteiger partial charge is 0.257 e. The molecule has 0 unspecified atom stereocenters. The molecule has 1 heterocycles. The van der Waals surface area contributed by atoms with Gasteiger partial charge in [-0.25, -0.2) is 0 Å². The Morgan fingerprint density at radius 2 is 2.18 bits per heavy atom. The van der Waals surface area contributed by atoms with E-state index in [0.29, 0.717) is 17.0 Å². The third-order valence-corrected chi connectivity index (χ3v) is 2.46. The van der Waals surface area contributed by atoms with Crippen molar-refractivity contribution in [2.24, 2.45) is 0 Å². The maximum atomic E-state index is 11.9. The fraction of sp³-hybridized carbons (Fsp3) is 0.154. The minimum absolute atomic E-state index is 0.157. The summed E-state index contributed by atoms with van der Waals surface area (Å²) in [5.74, 6) is 0.495. The number of benzene rings is 1. The Kier molecular flexibility index (Phi) is 3.14. The monoisotopic (exact) mass is 230 g/mol. The summed E-state index contributed by atoms with van der Waals surface area (Å²) in [6.07, 6.45) is 3.36. The number of aromatic nitrogens is 1. The highest BCUT2D eigenvalue weighted by molar-refractivity contribution is 6.04. The van der Waals surface area contributed by atoms with Crippen molar-refractivity contribution in [1.82, 2.24) is 4.98 Å². The Balaban J connectivity index is 2.23. The second-order valence-corrected chi connectivity index (χ2v) is 3.76. The SMILES string of the molecule is COc1ccc(C)cc1NC(=O)c1cc[nH]c1. The van der Waals surface area contributed by atoms with E-state index in [1.165, 1.54) is 0 Å². The molecule has 0 aliphatic rings. The number of ether oxygens (including phenoxy) is 1. The average molecular weight is 230 g/mol. The van der Waals surface area contributed by atoms with E-state index in [9.17, 15) is 4.79 Å². The molecule has 0 saturated carbocycles. The molecule has 2 aromatic rings. The minimum atomic E-state index is -0.157. The highest BCUT2D eigenvalue weighted by Gasteiger charge is 2.09. The van der Waals surface area contributed by atoms with Crippen LogP contribution in [0.5, 0.6) is 5.75 Å². The quantitative estimate of drug-likeness (QED) is 0.851. The van der Waals surface area contributed by atoms with Gasteiger partial charge in [-0.15, -0.1) is 0 Å². The molecular formula is C13H14N2O2. The van der Waals surface area contributed by atoms with Crippen molar-refractivity contribution in [3.63, 3.8) is 0 Å². The van der Waals surface area contributed by atoms with Crippen LogP contribution in [-0.2, 0) is 0 Å². The summed E-state index contributed by atoms with van der Waals surface area (Å²) >= 11 is 0. The first-order valence-corrected chi connectivity index (χ1v) is 5.29. The number of nitrogens with one attached hydrogen (secondary N) is 2. The molecule has 2 N–H and O–H groups in total. The van der Waals surface area contributed by atoms with Crippen LogP contribution in [0.3, 0.4) is 0 Å². The number of carbonyl (C=O) groups excluding carboxylic acids is 1. The van der Waals surface area contributed by atoms with E-state index in [4.69, 9.17) is 4.74 Å². The molecule has 2 rings (SSSR count). The average Bonchev–Trinajstić information content (AvgIpc) is 2.83. The Bertz CT molecular complexity index is 518. The molecule has 1 amide bonds. The van der Waals surface area contributed by atoms with Gasteiger partial charge in [0.2, 0.25) is 0 Å². The molecule has 88 valence electrons. The molecule has 0 fully saturated rings. The standard InChI is InChI=1S/C13H14N2O2/c1-9-3-4-12(17-2)11(7-9)15-13(16)10-5-6-14-8-10/h3-8,14H,1-2H3,(H,15,16). The Morgan fingerprint density at radius 3 is 2.82 bits per heavy atom. The van der Waals surface area contributed by atoms with Crippen LogP contribution in [0.15, 0.2) is 36.7 Å². The van der Waals surface area contributed by atoms with Crippen LogP contribution in [0.25, 0.3) is 0 Å². The zero-order valence-corrected chi connectivity index (χ0v) is 9.78. The molecule has 0 saturated heterocycles. The number of H-pyrrole nitrogens is 1. The first-order chi connectivity index (χ1) is 8.20. The van der Waals surface area contributed by atoms with Gasteiger partial charge in [0.15, 0.2) is 0 Å². The number of rotatable bonds is 3. The zero-order valence-electron chi connectivity index (χ0n) is 9.78. The minimum Gasteiger partial charge on any atom is -0.495 e. The van der Waals surface area contributed by atoms with Crippen LogP contribution in [-0.4, -0.2) is 18.0 Å². The van der Waals surface area contributed by atoms with Crippen molar-refractivity contribution in [2.75, 3.05) is 12.4 Å². The van der Waals surface area contributed by atoms with Gasteiger partial charge in [0.25, 0.3) is 5.91 Å². The van der Waals surface area contributed by atoms with Crippen molar-refractivity contribution in [3.8, 4) is 5.75 Å². The van der Waals surface area contributed by atoms with E-state index < -0.39 is 0 Å². The van der Waals surface area contributed by atoms with E-state index in [1.54, 1.807) is 25.6 Å². The van der Waals surface area contributed by atoms with Crippen molar-refractivity contribution < 1.29 is 9.53 Å². The van der Waals surface area contributed by atoms with Crippen LogP contribution in [0.1, 0.15) is 15.9 Å². The lowest BCUT2D eigenvalue weighted by molar-refractivity contribution is 0.102. The topological polar surface area (TPSA) is 54.1 Å². The third-order valence-electron chi connectivity index (χ3n) is 2.46. The normalized spacial score (nSPS) is 10.0. The number of aryl methyl sites for hydroxylation is 1. The van der Waals surface area contributed by atoms with Gasteiger partial charge in [0, 0.05) is 12.4 Å². The van der Waals surface area contributed by atoms with E-state index in [0.717, 1.165) is 5.56 Å². The number of hydrogen-bond donors (Lipinski definition) is 2. The van der Waals surface area contributed by atoms with Crippen LogP contribution in [0.4, 0.5) is 5.69 Å². The maximum absolute atomic E-state index is 11.9. The lowest BCUT2D eigenvalue weighted by Gasteiger charge is -2.10. The number of hydrogen-bond acceptors (Lipinski definition) is 2. The van der Waals surface area contributed by atoms with Gasteiger partial charge < -0.3 is 15.0 Å². The largest absolute Gasteiger partial charge is 0.495 e. The lowest BCUT2D eigenvalue weighted by atomic mass is 10.2. The van der Waals surface area contributed by atoms with Crippen LogP contribution >= 0.6 is 0 Å². The molecule has 0 bridgehead atoms. The van der Waals surface area contributed by atoms with Crippen molar-refractivity contribution in [2.45, 2.75) is 6.92 Å². The lowest BCUT2D eigenvalue weighted by Crippen LogP contribution is -2.11. The Morgan fingerprint density at radius 1 is 1.35 bits per heavy atom. The number of carbonyl (C=O) groups is 1. The third kappa shape index (κ3) is 2.47. The summed E-state index contributed by atoms with van der Waals surface area (Å²) in [6, 6.07) is 7.37. The Hall–Kier alpha value is -2.23. The molecule has 0 aliphatic heterocycles. The first-order valence-electron chi connectivity index (χ1n) is 5.29. The predicted molar refractivity (Wildman–Crippen MR) is 66.5 cm³/mol. The zero-order chi connectivity index (χ0) is 12.3. The molecule has 1 aromatic heterocycles. The van der Waals surface area contributed by atoms with Gasteiger partial charge in [0.1, 0.15) is 5.75 Å². The summed E-state index contributed by atoms with van der Waals surface area (Å²) in [6.45, 7) is 1.96. The van der Waals surface area contributed by atoms with Gasteiger partial charge >= 0.3 is 0 Å². The number of aromatic amines is 1. The van der Waals surface area contributed by atoms with Crippen LogP contribution in [0.2, 0.25) is 0 Å². The summed E-state index contributed by atoms with van der Waals surface area (Å²) < 4.78 is 5.20. The number of methoxy groups -OCH3 is 1. The summed E-state index contributed by atoms with van der Waals surface area (Å²) in [5.41, 5.74) is 2.34. The van der Waals surface area contributed by atoms with Crippen molar-refractivity contribution in [1.29, 1.82) is 0 Å². The highest BCUT2D eigenvalue weighted by Crippen LogP contribution is 2.25. The molecule has 17 heavy (non-hydrogen) atoms. The van der Waals surface area contributed by atoms with Crippen molar-refractivity contribution in [3.05, 3.63) is 47.8 Å². The predicted octanol–water partition coefficient (Wildman–Crippen LogP) is 2.58. The number of anilines is 1. The Labute approximate surface area is 99.6 Å². The fourth-order valence-corrected chi connectivity index (χ4v) is 1.58. The van der Waals surface area contributed by atoms with E-state index in [1.807, 2.05) is 25.1 Å². The van der Waals surface area contributed by atoms with Gasteiger partial charge in [0.05, 0.1) is 18.4 Å². The molecule has 4 nitrogen and oxygen atoms in total. The van der Waals surface area contributed by atoms with E-state index in [2.05, 4.69) is 10.3 Å². The van der Waals surface area contributed by atoms with E-state index >= 15 is 0 Å². The molecule has 0 aliphatic carbocycles. The summed E-state index contributed by atoms with van der Waals surface area (Å²) in [4.78, 5) is 14.7. The van der Waals surface area contributed by atoms with Crippen molar-refractivity contribution >= 4 is 11.6 Å². The maximum Gasteiger partial charge on any atom is 0.257 e. The highest BCUT2D eigenvalue weighted by atomic mass is 16.5. The fourth-order valence-electron chi connectivity index (χ4n) is 1.58. The van der Waals surface area contributed by atoms with Gasteiger partial charge in [-0.2, -0.15) is 0 Å². The van der Waals surface area contributed by atoms with Crippen LogP contribution in [0, 0.1) is 6.92 Å². The summed E-state index contributed by atoms with van der Waals surface area (Å²) in [7, 11) is 1.58. The number of amides is 1.